The SMILES string of the molecule is CN(C)CCCNC(=O)c1ccc2c(Oc3ccc(C(F)(F)P)cc3)cccc2c1. The van der Waals surface area contributed by atoms with Crippen LogP contribution in [0.2, 0.25) is 0 Å². The van der Waals surface area contributed by atoms with Gasteiger partial charge in [0.2, 0.25) is 0 Å². The molecule has 1 unspecified atom stereocenters. The third-order valence-electron chi connectivity index (χ3n) is 4.64. The Morgan fingerprint density at radius 2 is 1.83 bits per heavy atom. The van der Waals surface area contributed by atoms with E-state index in [4.69, 9.17) is 4.74 Å². The molecule has 158 valence electrons. The molecule has 0 aliphatic carbocycles. The van der Waals surface area contributed by atoms with E-state index >= 15 is 0 Å². The lowest BCUT2D eigenvalue weighted by atomic mass is 10.1. The van der Waals surface area contributed by atoms with Gasteiger partial charge in [-0.25, -0.2) is 0 Å². The molecule has 1 amide bonds. The number of carbonyl (C=O) groups is 1. The molecule has 0 spiro atoms. The van der Waals surface area contributed by atoms with Gasteiger partial charge >= 0.3 is 0 Å². The van der Waals surface area contributed by atoms with Crippen molar-refractivity contribution >= 4 is 25.9 Å². The minimum absolute atomic E-state index is 0.0981. The fraction of sp³-hybridized carbons (Fsp3) is 0.261. The average Bonchev–Trinajstić information content (AvgIpc) is 2.70. The Hall–Kier alpha value is -2.56. The Bertz CT molecular complexity index is 1020. The lowest BCUT2D eigenvalue weighted by Gasteiger charge is -2.13. The van der Waals surface area contributed by atoms with Gasteiger partial charge in [0.1, 0.15) is 11.5 Å². The Labute approximate surface area is 177 Å². The number of ether oxygens (including phenoxy) is 1. The minimum Gasteiger partial charge on any atom is -0.457 e. The number of fused-ring (bicyclic) bond motifs is 1. The van der Waals surface area contributed by atoms with E-state index in [1.165, 1.54) is 33.5 Å². The van der Waals surface area contributed by atoms with E-state index < -0.39 is 5.66 Å². The summed E-state index contributed by atoms with van der Waals surface area (Å²) in [5.41, 5.74) is -2.49. The van der Waals surface area contributed by atoms with E-state index in [1.807, 2.05) is 44.4 Å². The predicted octanol–water partition coefficient (Wildman–Crippen LogP) is 5.24. The third kappa shape index (κ3) is 5.74. The molecule has 3 rings (SSSR count). The van der Waals surface area contributed by atoms with Gasteiger partial charge in [0.25, 0.3) is 11.6 Å². The van der Waals surface area contributed by atoms with Gasteiger partial charge < -0.3 is 15.0 Å². The van der Waals surface area contributed by atoms with Gasteiger partial charge in [-0.15, -0.1) is 0 Å². The van der Waals surface area contributed by atoms with Crippen LogP contribution in [-0.2, 0) is 5.66 Å². The molecule has 4 nitrogen and oxygen atoms in total. The van der Waals surface area contributed by atoms with Gasteiger partial charge in [-0.05, 0) is 81.0 Å². The molecule has 1 N–H and O–H groups in total. The largest absolute Gasteiger partial charge is 0.457 e. The Morgan fingerprint density at radius 3 is 2.50 bits per heavy atom. The first-order valence-electron chi connectivity index (χ1n) is 9.65. The smallest absolute Gasteiger partial charge is 0.283 e. The zero-order valence-corrected chi connectivity index (χ0v) is 18.1. The second-order valence-electron chi connectivity index (χ2n) is 7.35. The number of hydrogen-bond acceptors (Lipinski definition) is 3. The molecular weight excluding hydrogens is 405 g/mol. The van der Waals surface area contributed by atoms with Crippen LogP contribution in [0.25, 0.3) is 10.8 Å². The van der Waals surface area contributed by atoms with Crippen LogP contribution >= 0.6 is 9.24 Å². The van der Waals surface area contributed by atoms with E-state index in [9.17, 15) is 13.6 Å². The molecule has 3 aromatic rings. The van der Waals surface area contributed by atoms with E-state index in [-0.39, 0.29) is 11.5 Å². The third-order valence-corrected chi connectivity index (χ3v) is 4.97. The Morgan fingerprint density at radius 1 is 1.10 bits per heavy atom. The highest BCUT2D eigenvalue weighted by Gasteiger charge is 2.24. The highest BCUT2D eigenvalue weighted by Crippen LogP contribution is 2.36. The van der Waals surface area contributed by atoms with Crippen LogP contribution in [0.3, 0.4) is 0 Å². The van der Waals surface area contributed by atoms with Crippen LogP contribution in [0.5, 0.6) is 11.5 Å². The number of nitrogens with one attached hydrogen (secondary N) is 1. The quantitative estimate of drug-likeness (QED) is 0.393. The van der Waals surface area contributed by atoms with E-state index in [1.54, 1.807) is 6.07 Å². The fourth-order valence-corrected chi connectivity index (χ4v) is 3.25. The van der Waals surface area contributed by atoms with Crippen LogP contribution in [0.15, 0.2) is 60.7 Å². The molecule has 0 radical (unpaired) electrons. The summed E-state index contributed by atoms with van der Waals surface area (Å²) in [6.45, 7) is 1.53. The lowest BCUT2D eigenvalue weighted by molar-refractivity contribution is 0.0952. The van der Waals surface area contributed by atoms with Crippen molar-refractivity contribution in [3.05, 3.63) is 71.8 Å². The molecule has 0 aliphatic heterocycles. The second-order valence-corrected chi connectivity index (χ2v) is 8.08. The number of hydrogen-bond donors (Lipinski definition) is 1. The van der Waals surface area contributed by atoms with E-state index in [0.29, 0.717) is 23.6 Å². The zero-order chi connectivity index (χ0) is 21.7. The summed E-state index contributed by atoms with van der Waals surface area (Å²) in [5, 5.41) is 4.63. The molecule has 7 heteroatoms. The number of benzene rings is 3. The Balaban J connectivity index is 1.74. The van der Waals surface area contributed by atoms with Crippen LogP contribution in [0.4, 0.5) is 8.78 Å². The molecule has 0 bridgehead atoms. The van der Waals surface area contributed by atoms with E-state index in [0.717, 1.165) is 23.7 Å². The number of nitrogens with zero attached hydrogens (tertiary/aromatic N) is 1. The van der Waals surface area contributed by atoms with Crippen molar-refractivity contribution < 1.29 is 18.3 Å². The highest BCUT2D eigenvalue weighted by molar-refractivity contribution is 7.17. The van der Waals surface area contributed by atoms with Crippen LogP contribution < -0.4 is 10.1 Å². The maximum Gasteiger partial charge on any atom is 0.283 e. The molecule has 1 atom stereocenters. The maximum absolute atomic E-state index is 13.3. The summed E-state index contributed by atoms with van der Waals surface area (Å²) in [5.74, 6) is 0.940. The first kappa shape index (κ1) is 22.1. The summed E-state index contributed by atoms with van der Waals surface area (Å²) in [6, 6.07) is 16.7. The number of amides is 1. The van der Waals surface area contributed by atoms with Gasteiger partial charge in [0.15, 0.2) is 0 Å². The number of carbonyl (C=O) groups excluding carboxylic acids is 1. The van der Waals surface area contributed by atoms with Crippen LogP contribution in [-0.4, -0.2) is 38.0 Å². The second kappa shape index (κ2) is 9.50. The molecule has 3 aromatic carbocycles. The monoisotopic (exact) mass is 430 g/mol. The van der Waals surface area contributed by atoms with Crippen molar-refractivity contribution in [3.63, 3.8) is 0 Å². The molecule has 0 saturated carbocycles. The van der Waals surface area contributed by atoms with Crippen molar-refractivity contribution in [2.45, 2.75) is 12.1 Å². The summed E-state index contributed by atoms with van der Waals surface area (Å²) >= 11 is 0. The minimum atomic E-state index is -2.97. The fourth-order valence-electron chi connectivity index (χ4n) is 3.06. The Kier molecular flexibility index (Phi) is 7.01. The predicted molar refractivity (Wildman–Crippen MR) is 120 cm³/mol. The molecule has 0 heterocycles. The van der Waals surface area contributed by atoms with Gasteiger partial charge in [0, 0.05) is 23.1 Å². The van der Waals surface area contributed by atoms with Crippen LogP contribution in [0, 0.1) is 0 Å². The van der Waals surface area contributed by atoms with Crippen molar-refractivity contribution in [2.24, 2.45) is 0 Å². The van der Waals surface area contributed by atoms with Crippen molar-refractivity contribution in [1.82, 2.24) is 10.2 Å². The van der Waals surface area contributed by atoms with Gasteiger partial charge in [0.05, 0.1) is 0 Å². The normalized spacial score (nSPS) is 11.7. The van der Waals surface area contributed by atoms with Crippen molar-refractivity contribution in [1.29, 1.82) is 0 Å². The summed E-state index contributed by atoms with van der Waals surface area (Å²) in [4.78, 5) is 14.5. The summed E-state index contributed by atoms with van der Waals surface area (Å²) in [7, 11) is 5.52. The van der Waals surface area contributed by atoms with Crippen molar-refractivity contribution in [3.8, 4) is 11.5 Å². The first-order valence-corrected chi connectivity index (χ1v) is 10.2. The van der Waals surface area contributed by atoms with Crippen molar-refractivity contribution in [2.75, 3.05) is 27.2 Å². The zero-order valence-electron chi connectivity index (χ0n) is 17.0. The first-order chi connectivity index (χ1) is 14.2. The van der Waals surface area contributed by atoms with Gasteiger partial charge in [-0.2, -0.15) is 8.78 Å². The highest BCUT2D eigenvalue weighted by atomic mass is 31.0. The molecule has 0 aliphatic rings. The van der Waals surface area contributed by atoms with E-state index in [2.05, 4.69) is 10.2 Å². The molecule has 0 saturated heterocycles. The van der Waals surface area contributed by atoms with Gasteiger partial charge in [-0.1, -0.05) is 21.4 Å². The lowest BCUT2D eigenvalue weighted by Crippen LogP contribution is -2.27. The van der Waals surface area contributed by atoms with Crippen LogP contribution in [0.1, 0.15) is 22.3 Å². The number of alkyl halides is 2. The molecule has 0 fully saturated rings. The summed E-state index contributed by atoms with van der Waals surface area (Å²) in [6.07, 6.45) is 0.881. The molecular formula is C23H25F2N2O2P. The number of halogens is 2. The topological polar surface area (TPSA) is 41.6 Å². The standard InChI is InChI=1S/C23H25F2N2O2P/c1-27(2)14-4-13-26-22(28)17-7-12-20-16(15-17)5-3-6-21(20)29-19-10-8-18(9-11-19)23(24,25)30/h3,5-12,15H,4,13-14,30H2,1-2H3,(H,26,28). The average molecular weight is 430 g/mol. The summed E-state index contributed by atoms with van der Waals surface area (Å²) < 4.78 is 32.6. The maximum atomic E-state index is 13.3. The number of rotatable bonds is 8. The molecule has 0 aromatic heterocycles. The van der Waals surface area contributed by atoms with Gasteiger partial charge in [-0.3, -0.25) is 4.79 Å². The molecule has 30 heavy (non-hydrogen) atoms.